The van der Waals surface area contributed by atoms with E-state index in [0.717, 1.165) is 22.4 Å². The smallest absolute Gasteiger partial charge is 0.164 e. The van der Waals surface area contributed by atoms with E-state index >= 15 is 0 Å². The minimum absolute atomic E-state index is 0.149. The van der Waals surface area contributed by atoms with Gasteiger partial charge in [-0.25, -0.2) is 15.0 Å². The van der Waals surface area contributed by atoms with Crippen LogP contribution in [-0.4, -0.2) is 19.5 Å². The van der Waals surface area contributed by atoms with Crippen LogP contribution in [-0.2, 0) is 5.41 Å². The Morgan fingerprint density at radius 1 is 0.582 bits per heavy atom. The van der Waals surface area contributed by atoms with Gasteiger partial charge >= 0.3 is 0 Å². The number of hydrogen-bond acceptors (Lipinski definition) is 5. The van der Waals surface area contributed by atoms with E-state index in [1.54, 1.807) is 12.1 Å². The maximum atomic E-state index is 9.39. The molecule has 0 spiro atoms. The molecule has 0 radical (unpaired) electrons. The van der Waals surface area contributed by atoms with E-state index in [1.165, 1.54) is 64.2 Å². The van der Waals surface area contributed by atoms with Crippen LogP contribution in [0.1, 0.15) is 30.5 Å². The molecule has 7 aromatic carbocycles. The molecule has 3 aromatic heterocycles. The van der Waals surface area contributed by atoms with Gasteiger partial charge in [0.05, 0.1) is 22.7 Å². The Hall–Kier alpha value is -6.94. The largest absolute Gasteiger partial charge is 0.309 e. The highest BCUT2D eigenvalue weighted by Gasteiger charge is 2.40. The van der Waals surface area contributed by atoms with Gasteiger partial charge in [-0.15, -0.1) is 11.3 Å². The molecule has 0 saturated heterocycles. The van der Waals surface area contributed by atoms with Crippen LogP contribution in [0.5, 0.6) is 0 Å². The van der Waals surface area contributed by atoms with E-state index in [-0.39, 0.29) is 5.41 Å². The minimum atomic E-state index is -0.149. The average Bonchev–Trinajstić information content (AvgIpc) is 3.87. The molecule has 1 aliphatic carbocycles. The highest BCUT2D eigenvalue weighted by molar-refractivity contribution is 7.26. The van der Waals surface area contributed by atoms with Gasteiger partial charge in [0, 0.05) is 58.7 Å². The lowest BCUT2D eigenvalue weighted by molar-refractivity contribution is 0.667. The first-order valence-corrected chi connectivity index (χ1v) is 19.2. The number of nitrogens with zero attached hydrogens (tertiary/aromatic N) is 5. The van der Waals surface area contributed by atoms with Crippen LogP contribution in [0, 0.1) is 11.3 Å². The van der Waals surface area contributed by atoms with Gasteiger partial charge in [0.1, 0.15) is 0 Å². The topological polar surface area (TPSA) is 67.4 Å². The molecule has 3 heterocycles. The van der Waals surface area contributed by atoms with Crippen LogP contribution in [0.25, 0.3) is 93.0 Å². The molecule has 0 fully saturated rings. The zero-order valence-electron chi connectivity index (χ0n) is 30.1. The van der Waals surface area contributed by atoms with Crippen LogP contribution < -0.4 is 0 Å². The SMILES string of the molecule is CC1(C)c2ccccc2-c2c1c1sc3ccccc3c1c1c2c2ccccc2n1-c1ccc(-c2nc(-c3ccccc3)nc(-c3ccc(C#N)cc3)n2)cc1. The van der Waals surface area contributed by atoms with Crippen LogP contribution in [0.4, 0.5) is 0 Å². The molecular formula is C49H31N5S. The molecule has 0 bridgehead atoms. The van der Waals surface area contributed by atoms with Crippen molar-refractivity contribution in [2.45, 2.75) is 19.3 Å². The zero-order chi connectivity index (χ0) is 36.8. The van der Waals surface area contributed by atoms with Crippen LogP contribution in [0.3, 0.4) is 0 Å². The summed E-state index contributed by atoms with van der Waals surface area (Å²) in [6, 6.07) is 54.9. The summed E-state index contributed by atoms with van der Waals surface area (Å²) in [4.78, 5) is 14.8. The number of benzene rings is 7. The second-order valence-corrected chi connectivity index (χ2v) is 15.8. The third kappa shape index (κ3) is 4.60. The van der Waals surface area contributed by atoms with Gasteiger partial charge in [0.2, 0.25) is 0 Å². The number of rotatable bonds is 4. The zero-order valence-corrected chi connectivity index (χ0v) is 30.9. The molecule has 10 aromatic rings. The van der Waals surface area contributed by atoms with Crippen molar-refractivity contribution in [1.29, 1.82) is 5.26 Å². The monoisotopic (exact) mass is 721 g/mol. The fourth-order valence-electron chi connectivity index (χ4n) is 8.74. The normalized spacial score (nSPS) is 13.0. The minimum Gasteiger partial charge on any atom is -0.309 e. The van der Waals surface area contributed by atoms with Gasteiger partial charge in [-0.2, -0.15) is 5.26 Å². The lowest BCUT2D eigenvalue weighted by Gasteiger charge is -2.22. The van der Waals surface area contributed by atoms with Crippen molar-refractivity contribution >= 4 is 53.3 Å². The van der Waals surface area contributed by atoms with Gasteiger partial charge < -0.3 is 4.57 Å². The van der Waals surface area contributed by atoms with Gasteiger partial charge in [0.15, 0.2) is 17.5 Å². The van der Waals surface area contributed by atoms with E-state index in [4.69, 9.17) is 15.0 Å². The van der Waals surface area contributed by atoms with Crippen LogP contribution in [0.2, 0.25) is 0 Å². The maximum Gasteiger partial charge on any atom is 0.164 e. The predicted molar refractivity (Wildman–Crippen MR) is 226 cm³/mol. The lowest BCUT2D eigenvalue weighted by atomic mass is 9.81. The molecule has 0 N–H and O–H groups in total. The summed E-state index contributed by atoms with van der Waals surface area (Å²) in [5.41, 5.74) is 12.0. The first kappa shape index (κ1) is 31.6. The fraction of sp³-hybridized carbons (Fsp3) is 0.0612. The van der Waals surface area contributed by atoms with E-state index in [2.05, 4.69) is 122 Å². The molecule has 0 saturated carbocycles. The predicted octanol–water partition coefficient (Wildman–Crippen LogP) is 12.5. The summed E-state index contributed by atoms with van der Waals surface area (Å²) in [6.07, 6.45) is 0. The molecule has 6 heteroatoms. The number of hydrogen-bond donors (Lipinski definition) is 0. The standard InChI is InChI=1S/C49H31N5S/c1-49(2)37-17-9-6-14-34(37)40-41-35-15-7-10-18-38(35)54(44(41)42-36-16-8-11-19-39(36)55-45(42)43(40)49)33-26-24-32(25-27-33)48-52-46(30-12-4-3-5-13-30)51-47(53-48)31-22-20-29(28-50)21-23-31/h3-27H,1-2H3. The molecule has 258 valence electrons. The van der Waals surface area contributed by atoms with E-state index in [9.17, 15) is 5.26 Å². The Labute approximate surface area is 321 Å². The lowest BCUT2D eigenvalue weighted by Crippen LogP contribution is -2.15. The summed E-state index contributed by atoms with van der Waals surface area (Å²) in [6.45, 7) is 4.78. The Morgan fingerprint density at radius 3 is 1.87 bits per heavy atom. The van der Waals surface area contributed by atoms with E-state index in [1.807, 2.05) is 53.8 Å². The van der Waals surface area contributed by atoms with Gasteiger partial charge in [-0.05, 0) is 82.9 Å². The van der Waals surface area contributed by atoms with Crippen molar-refractivity contribution in [2.24, 2.45) is 0 Å². The van der Waals surface area contributed by atoms with Crippen LogP contribution in [0.15, 0.2) is 152 Å². The summed E-state index contributed by atoms with van der Waals surface area (Å²) >= 11 is 1.92. The maximum absolute atomic E-state index is 9.39. The molecule has 0 amide bonds. The second kappa shape index (κ2) is 11.8. The second-order valence-electron chi connectivity index (χ2n) is 14.7. The van der Waals surface area contributed by atoms with Crippen molar-refractivity contribution in [2.75, 3.05) is 0 Å². The van der Waals surface area contributed by atoms with Crippen LogP contribution >= 0.6 is 11.3 Å². The number of thiophene rings is 1. The summed E-state index contributed by atoms with van der Waals surface area (Å²) in [5.74, 6) is 1.74. The average molecular weight is 722 g/mol. The molecule has 5 nitrogen and oxygen atoms in total. The Bertz CT molecular complexity index is 3220. The van der Waals surface area contributed by atoms with Crippen molar-refractivity contribution in [3.63, 3.8) is 0 Å². The Morgan fingerprint density at radius 2 is 1.16 bits per heavy atom. The number of nitriles is 1. The van der Waals surface area contributed by atoms with Crippen molar-refractivity contribution in [3.05, 3.63) is 168 Å². The number of fused-ring (bicyclic) bond motifs is 12. The Balaban J connectivity index is 1.17. The highest BCUT2D eigenvalue weighted by Crippen LogP contribution is 2.58. The van der Waals surface area contributed by atoms with Crippen molar-refractivity contribution in [3.8, 4) is 57.0 Å². The number of aromatic nitrogens is 4. The molecular weight excluding hydrogens is 691 g/mol. The molecule has 1 aliphatic rings. The fourth-order valence-corrected chi connectivity index (χ4v) is 10.2. The van der Waals surface area contributed by atoms with Crippen molar-refractivity contribution in [1.82, 2.24) is 19.5 Å². The number of para-hydroxylation sites is 1. The van der Waals surface area contributed by atoms with E-state index < -0.39 is 0 Å². The Kier molecular flexibility index (Phi) is 6.76. The van der Waals surface area contributed by atoms with Gasteiger partial charge in [0.25, 0.3) is 0 Å². The third-order valence-corrected chi connectivity index (χ3v) is 12.4. The highest BCUT2D eigenvalue weighted by atomic mass is 32.1. The molecule has 55 heavy (non-hydrogen) atoms. The molecule has 0 aliphatic heterocycles. The first-order valence-electron chi connectivity index (χ1n) is 18.4. The molecule has 11 rings (SSSR count). The van der Waals surface area contributed by atoms with Gasteiger partial charge in [-0.3, -0.25) is 0 Å². The molecule has 0 unspecified atom stereocenters. The summed E-state index contributed by atoms with van der Waals surface area (Å²) < 4.78 is 5.13. The van der Waals surface area contributed by atoms with Crippen molar-refractivity contribution < 1.29 is 0 Å². The summed E-state index contributed by atoms with van der Waals surface area (Å²) in [5, 5.41) is 14.5. The first-order chi connectivity index (χ1) is 27.0. The van der Waals surface area contributed by atoms with E-state index in [0.29, 0.717) is 23.0 Å². The van der Waals surface area contributed by atoms with Gasteiger partial charge in [-0.1, -0.05) is 105 Å². The summed E-state index contributed by atoms with van der Waals surface area (Å²) in [7, 11) is 0. The third-order valence-electron chi connectivity index (χ3n) is 11.3. The molecule has 0 atom stereocenters. The quantitative estimate of drug-likeness (QED) is 0.181.